The number of amides is 1. The number of ether oxygens (including phenoxy) is 3. The minimum absolute atomic E-state index is 0.0652. The van der Waals surface area contributed by atoms with Crippen molar-refractivity contribution in [1.29, 1.82) is 0 Å². The van der Waals surface area contributed by atoms with Crippen molar-refractivity contribution in [2.24, 2.45) is 0 Å². The maximum absolute atomic E-state index is 13.6. The van der Waals surface area contributed by atoms with Crippen LogP contribution < -0.4 is 25.1 Å². The maximum Gasteiger partial charge on any atom is 0.416 e. The van der Waals surface area contributed by atoms with E-state index in [4.69, 9.17) is 14.6 Å². The van der Waals surface area contributed by atoms with E-state index in [-0.39, 0.29) is 34.4 Å². The third kappa shape index (κ3) is 7.72. The summed E-state index contributed by atoms with van der Waals surface area (Å²) in [6.07, 6.45) is -3.45. The number of halogens is 5. The Kier molecular flexibility index (Phi) is 9.33. The summed E-state index contributed by atoms with van der Waals surface area (Å²) in [7, 11) is 2.71. The van der Waals surface area contributed by atoms with Crippen LogP contribution in [-0.4, -0.2) is 30.2 Å². The number of rotatable bonds is 6. The topological polar surface area (TPSA) is 110 Å². The minimum atomic E-state index is -4.71. The lowest BCUT2D eigenvalue weighted by molar-refractivity contribution is -0.137. The van der Waals surface area contributed by atoms with E-state index < -0.39 is 40.4 Å². The van der Waals surface area contributed by atoms with E-state index in [1.807, 2.05) is 0 Å². The van der Waals surface area contributed by atoms with Gasteiger partial charge in [-0.2, -0.15) is 13.2 Å². The number of aromatic nitrogens is 1. The third-order valence-corrected chi connectivity index (χ3v) is 5.07. The van der Waals surface area contributed by atoms with Gasteiger partial charge < -0.3 is 29.6 Å². The van der Waals surface area contributed by atoms with Crippen LogP contribution >= 0.6 is 0 Å². The number of nitrogens with one attached hydrogen (secondary N) is 2. The second kappa shape index (κ2) is 12.7. The molecule has 0 saturated heterocycles. The van der Waals surface area contributed by atoms with Crippen molar-refractivity contribution in [2.75, 3.05) is 19.5 Å². The summed E-state index contributed by atoms with van der Waals surface area (Å²) in [5, 5.41) is 11.3. The fourth-order valence-electron chi connectivity index (χ4n) is 3.21. The van der Waals surface area contributed by atoms with Crippen molar-refractivity contribution in [3.05, 3.63) is 106 Å². The van der Waals surface area contributed by atoms with Crippen LogP contribution in [0.2, 0.25) is 0 Å². The number of pyridine rings is 1. The summed E-state index contributed by atoms with van der Waals surface area (Å²) in [6, 6.07) is 11.6. The molecule has 0 bridgehead atoms. The first-order chi connectivity index (χ1) is 18.9. The van der Waals surface area contributed by atoms with E-state index in [0.29, 0.717) is 6.07 Å². The zero-order valence-corrected chi connectivity index (χ0v) is 20.8. The van der Waals surface area contributed by atoms with Crippen molar-refractivity contribution in [3.63, 3.8) is 0 Å². The summed E-state index contributed by atoms with van der Waals surface area (Å²) in [5.41, 5.74) is -2.01. The number of aromatic amines is 1. The molecule has 0 fully saturated rings. The van der Waals surface area contributed by atoms with Gasteiger partial charge in [-0.25, -0.2) is 8.78 Å². The number of benzene rings is 3. The normalized spacial score (nSPS) is 10.7. The summed E-state index contributed by atoms with van der Waals surface area (Å²) in [6.45, 7) is 0. The monoisotopic (exact) mass is 564 g/mol. The quantitative estimate of drug-likeness (QED) is 0.243. The molecule has 0 spiro atoms. The molecule has 4 aromatic rings. The maximum atomic E-state index is 13.6. The number of phenols is 1. The average Bonchev–Trinajstić information content (AvgIpc) is 2.89. The van der Waals surface area contributed by atoms with Gasteiger partial charge in [-0.05, 0) is 48.5 Å². The van der Waals surface area contributed by atoms with E-state index in [2.05, 4.69) is 15.0 Å². The van der Waals surface area contributed by atoms with E-state index in [1.165, 1.54) is 44.7 Å². The Morgan fingerprint density at radius 3 is 2.05 bits per heavy atom. The van der Waals surface area contributed by atoms with Gasteiger partial charge in [-0.1, -0.05) is 0 Å². The zero-order valence-electron chi connectivity index (χ0n) is 20.8. The SMILES string of the molecule is COc1ccc(F)cc1O.COc1ccc(F)cc1Oc1ccc(C(F)(F)F)cc1C(=O)Nc1cc[nH]c(=O)c1. The lowest BCUT2D eigenvalue weighted by Gasteiger charge is -2.16. The highest BCUT2D eigenvalue weighted by atomic mass is 19.4. The van der Waals surface area contributed by atoms with Crippen molar-refractivity contribution >= 4 is 11.6 Å². The molecule has 1 heterocycles. The van der Waals surface area contributed by atoms with Crippen LogP contribution in [0, 0.1) is 11.6 Å². The fourth-order valence-corrected chi connectivity index (χ4v) is 3.21. The van der Waals surface area contributed by atoms with Gasteiger partial charge in [0, 0.05) is 30.1 Å². The fraction of sp³-hybridized carbons (Fsp3) is 0.111. The van der Waals surface area contributed by atoms with E-state index in [0.717, 1.165) is 36.4 Å². The molecule has 4 rings (SSSR count). The Morgan fingerprint density at radius 2 is 1.45 bits per heavy atom. The van der Waals surface area contributed by atoms with Crippen LogP contribution in [0.15, 0.2) is 77.7 Å². The van der Waals surface area contributed by atoms with Crippen LogP contribution in [0.4, 0.5) is 27.6 Å². The molecular weight excluding hydrogens is 543 g/mol. The van der Waals surface area contributed by atoms with Crippen molar-refractivity contribution in [1.82, 2.24) is 4.98 Å². The Labute approximate surface area is 223 Å². The number of hydrogen-bond donors (Lipinski definition) is 3. The smallest absolute Gasteiger partial charge is 0.416 e. The van der Waals surface area contributed by atoms with Gasteiger partial charge in [0.1, 0.15) is 17.4 Å². The molecule has 0 radical (unpaired) electrons. The largest absolute Gasteiger partial charge is 0.504 e. The van der Waals surface area contributed by atoms with E-state index in [1.54, 1.807) is 0 Å². The van der Waals surface area contributed by atoms with Crippen LogP contribution in [0.3, 0.4) is 0 Å². The van der Waals surface area contributed by atoms with Gasteiger partial charge in [-0.15, -0.1) is 0 Å². The van der Waals surface area contributed by atoms with Crippen molar-refractivity contribution in [3.8, 4) is 28.7 Å². The summed E-state index contributed by atoms with van der Waals surface area (Å²) in [4.78, 5) is 26.4. The highest BCUT2D eigenvalue weighted by molar-refractivity contribution is 6.06. The summed E-state index contributed by atoms with van der Waals surface area (Å²) >= 11 is 0. The number of aromatic hydroxyl groups is 1. The molecule has 0 atom stereocenters. The first-order valence-corrected chi connectivity index (χ1v) is 11.2. The number of anilines is 1. The lowest BCUT2D eigenvalue weighted by Crippen LogP contribution is -2.16. The molecule has 3 aromatic carbocycles. The number of alkyl halides is 3. The molecule has 0 saturated carbocycles. The molecule has 1 aromatic heterocycles. The average molecular weight is 564 g/mol. The lowest BCUT2D eigenvalue weighted by atomic mass is 10.1. The predicted octanol–water partition coefficient (Wildman–Crippen LogP) is 6.13. The van der Waals surface area contributed by atoms with Gasteiger partial charge in [0.05, 0.1) is 25.3 Å². The molecule has 8 nitrogen and oxygen atoms in total. The Morgan fingerprint density at radius 1 is 0.825 bits per heavy atom. The van der Waals surface area contributed by atoms with Crippen LogP contribution in [0.5, 0.6) is 28.7 Å². The van der Waals surface area contributed by atoms with Crippen LogP contribution in [0.25, 0.3) is 0 Å². The minimum Gasteiger partial charge on any atom is -0.504 e. The zero-order chi connectivity index (χ0) is 29.4. The Hall–Kier alpha value is -5.07. The second-order valence-electron chi connectivity index (χ2n) is 7.82. The molecule has 13 heteroatoms. The first kappa shape index (κ1) is 29.5. The number of methoxy groups -OCH3 is 2. The highest BCUT2D eigenvalue weighted by Gasteiger charge is 2.32. The Balaban J connectivity index is 0.000000371. The molecule has 0 aliphatic heterocycles. The summed E-state index contributed by atoms with van der Waals surface area (Å²) < 4.78 is 80.6. The second-order valence-corrected chi connectivity index (χ2v) is 7.82. The van der Waals surface area contributed by atoms with E-state index in [9.17, 15) is 31.5 Å². The Bertz CT molecular complexity index is 1560. The molecule has 0 aliphatic rings. The van der Waals surface area contributed by atoms with Gasteiger partial charge in [0.25, 0.3) is 5.91 Å². The standard InChI is InChI=1S/C20H14F4N2O4.C7H7FO2/c1-29-16-5-3-12(21)9-17(16)30-15-4-2-11(20(22,23)24)8-14(15)19(28)26-13-6-7-25-18(27)10-13;1-10-7-3-2-5(8)4-6(7)9/h2-10H,1H3,(H2,25,26,27,28);2-4,9H,1H3. The van der Waals surface area contributed by atoms with Crippen LogP contribution in [0.1, 0.15) is 15.9 Å². The van der Waals surface area contributed by atoms with Gasteiger partial charge in [0.15, 0.2) is 23.0 Å². The molecule has 1 amide bonds. The first-order valence-electron chi connectivity index (χ1n) is 11.2. The number of carbonyl (C=O) groups is 1. The molecule has 210 valence electrons. The van der Waals surface area contributed by atoms with Crippen molar-refractivity contribution < 1.29 is 46.1 Å². The number of carbonyl (C=O) groups excluding carboxylic acids is 1. The van der Waals surface area contributed by atoms with Crippen LogP contribution in [-0.2, 0) is 6.18 Å². The number of hydrogen-bond acceptors (Lipinski definition) is 6. The van der Waals surface area contributed by atoms with Crippen molar-refractivity contribution in [2.45, 2.75) is 6.18 Å². The van der Waals surface area contributed by atoms with Gasteiger partial charge in [0.2, 0.25) is 5.56 Å². The van der Waals surface area contributed by atoms with Gasteiger partial charge >= 0.3 is 6.18 Å². The summed E-state index contributed by atoms with van der Waals surface area (Å²) in [5.74, 6) is -2.31. The molecule has 40 heavy (non-hydrogen) atoms. The molecular formula is C27H21F5N2O6. The van der Waals surface area contributed by atoms with E-state index >= 15 is 0 Å². The van der Waals surface area contributed by atoms with Gasteiger partial charge in [-0.3, -0.25) is 9.59 Å². The number of H-pyrrole nitrogens is 1. The molecule has 0 unspecified atom stereocenters. The molecule has 0 aliphatic carbocycles. The third-order valence-electron chi connectivity index (χ3n) is 5.07. The predicted molar refractivity (Wildman–Crippen MR) is 134 cm³/mol. The highest BCUT2D eigenvalue weighted by Crippen LogP contribution is 2.37. The molecule has 3 N–H and O–H groups in total. The number of phenolic OH excluding ortho intramolecular Hbond substituents is 1.